The molecule has 1 aromatic carbocycles. The minimum absolute atomic E-state index is 0.0866. The van der Waals surface area contributed by atoms with E-state index < -0.39 is 0 Å². The third-order valence-electron chi connectivity index (χ3n) is 2.96. The Kier molecular flexibility index (Phi) is 4.02. The van der Waals surface area contributed by atoms with E-state index in [1.807, 2.05) is 18.2 Å². The van der Waals surface area contributed by atoms with Crippen molar-refractivity contribution in [1.82, 2.24) is 14.8 Å². The van der Waals surface area contributed by atoms with Crippen molar-refractivity contribution in [1.29, 1.82) is 0 Å². The molecule has 0 amide bonds. The highest BCUT2D eigenvalue weighted by molar-refractivity contribution is 9.08. The van der Waals surface area contributed by atoms with Crippen molar-refractivity contribution in [2.45, 2.75) is 38.6 Å². The van der Waals surface area contributed by atoms with E-state index in [9.17, 15) is 0 Å². The maximum Gasteiger partial charge on any atom is 0.164 e. The average Bonchev–Trinajstić information content (AvgIpc) is 2.75. The molecule has 19 heavy (non-hydrogen) atoms. The summed E-state index contributed by atoms with van der Waals surface area (Å²) in [7, 11) is 0. The number of alkyl halides is 1. The van der Waals surface area contributed by atoms with Gasteiger partial charge in [-0.05, 0) is 45.4 Å². The molecule has 0 aliphatic rings. The quantitative estimate of drug-likeness (QED) is 0.749. The number of rotatable bonds is 2. The van der Waals surface area contributed by atoms with Gasteiger partial charge in [-0.3, -0.25) is 0 Å². The van der Waals surface area contributed by atoms with Crippen molar-refractivity contribution in [3.05, 3.63) is 34.6 Å². The molecule has 0 saturated carbocycles. The van der Waals surface area contributed by atoms with Gasteiger partial charge in [0, 0.05) is 16.1 Å². The van der Waals surface area contributed by atoms with Crippen LogP contribution >= 0.6 is 27.5 Å². The molecule has 3 nitrogen and oxygen atoms in total. The first kappa shape index (κ1) is 14.5. The molecule has 0 aliphatic carbocycles. The van der Waals surface area contributed by atoms with E-state index in [1.165, 1.54) is 0 Å². The highest BCUT2D eigenvalue weighted by Crippen LogP contribution is 2.30. The molecule has 1 heterocycles. The zero-order chi connectivity index (χ0) is 14.2. The van der Waals surface area contributed by atoms with Crippen LogP contribution in [0.25, 0.3) is 11.4 Å². The molecule has 0 bridgehead atoms. The van der Waals surface area contributed by atoms with Crippen molar-refractivity contribution in [3.63, 3.8) is 0 Å². The monoisotopic (exact) mass is 341 g/mol. The maximum atomic E-state index is 6.11. The summed E-state index contributed by atoms with van der Waals surface area (Å²) in [4.78, 5) is 0. The number of halogens is 2. The number of aromatic nitrogens is 3. The molecule has 1 aromatic heterocycles. The predicted octanol–water partition coefficient (Wildman–Crippen LogP) is 4.56. The van der Waals surface area contributed by atoms with Crippen LogP contribution in [0.3, 0.4) is 0 Å². The Morgan fingerprint density at radius 2 is 1.95 bits per heavy atom. The minimum atomic E-state index is -0.0866. The van der Waals surface area contributed by atoms with E-state index in [-0.39, 0.29) is 5.54 Å². The summed E-state index contributed by atoms with van der Waals surface area (Å²) in [5.74, 6) is 1.78. The Morgan fingerprint density at radius 1 is 1.26 bits per heavy atom. The zero-order valence-electron chi connectivity index (χ0n) is 11.5. The zero-order valence-corrected chi connectivity index (χ0v) is 13.9. The standard InChI is InChI=1S/C14H17BrClN3/c1-9-5-6-10(16)7-11(9)13-18-17-12(8-15)19(13)14(2,3)4/h5-7H,8H2,1-4H3. The molecular formula is C14H17BrClN3. The second kappa shape index (κ2) is 5.25. The summed E-state index contributed by atoms with van der Waals surface area (Å²) in [5.41, 5.74) is 2.09. The smallest absolute Gasteiger partial charge is 0.164 e. The molecule has 2 aromatic rings. The molecule has 0 saturated heterocycles. The third kappa shape index (κ3) is 2.84. The fraction of sp³-hybridized carbons (Fsp3) is 0.429. The lowest BCUT2D eigenvalue weighted by molar-refractivity contribution is 0.391. The molecule has 0 fully saturated rings. The summed E-state index contributed by atoms with van der Waals surface area (Å²) in [6, 6.07) is 5.85. The Hall–Kier alpha value is -0.870. The molecule has 0 aliphatic heterocycles. The van der Waals surface area contributed by atoms with Crippen molar-refractivity contribution < 1.29 is 0 Å². The van der Waals surface area contributed by atoms with Crippen LogP contribution in [0, 0.1) is 6.92 Å². The van der Waals surface area contributed by atoms with Gasteiger partial charge in [-0.15, -0.1) is 10.2 Å². The lowest BCUT2D eigenvalue weighted by atomic mass is 10.0. The van der Waals surface area contributed by atoms with Gasteiger partial charge in [-0.1, -0.05) is 33.6 Å². The highest BCUT2D eigenvalue weighted by Gasteiger charge is 2.24. The van der Waals surface area contributed by atoms with Gasteiger partial charge in [0.2, 0.25) is 0 Å². The van der Waals surface area contributed by atoms with Crippen LogP contribution in [-0.4, -0.2) is 14.8 Å². The fourth-order valence-electron chi connectivity index (χ4n) is 2.12. The van der Waals surface area contributed by atoms with Gasteiger partial charge in [0.1, 0.15) is 5.82 Å². The summed E-state index contributed by atoms with van der Waals surface area (Å²) >= 11 is 9.58. The Morgan fingerprint density at radius 3 is 2.53 bits per heavy atom. The lowest BCUT2D eigenvalue weighted by Gasteiger charge is -2.25. The van der Waals surface area contributed by atoms with Crippen molar-refractivity contribution in [2.24, 2.45) is 0 Å². The first-order valence-corrected chi connectivity index (χ1v) is 7.62. The topological polar surface area (TPSA) is 30.7 Å². The van der Waals surface area contributed by atoms with Crippen LogP contribution in [-0.2, 0) is 10.9 Å². The van der Waals surface area contributed by atoms with E-state index in [0.29, 0.717) is 10.4 Å². The number of aryl methyl sites for hydroxylation is 1. The van der Waals surface area contributed by atoms with Gasteiger partial charge in [0.05, 0.1) is 5.33 Å². The summed E-state index contributed by atoms with van der Waals surface area (Å²) in [6.45, 7) is 8.49. The van der Waals surface area contributed by atoms with Gasteiger partial charge in [0.15, 0.2) is 5.82 Å². The number of nitrogens with zero attached hydrogens (tertiary/aromatic N) is 3. The van der Waals surface area contributed by atoms with E-state index in [2.05, 4.69) is 58.4 Å². The van der Waals surface area contributed by atoms with Crippen LogP contribution in [0.5, 0.6) is 0 Å². The highest BCUT2D eigenvalue weighted by atomic mass is 79.9. The van der Waals surface area contributed by atoms with E-state index in [0.717, 1.165) is 22.8 Å². The van der Waals surface area contributed by atoms with E-state index in [1.54, 1.807) is 0 Å². The summed E-state index contributed by atoms with van der Waals surface area (Å²) in [5, 5.41) is 10.0. The molecule has 0 unspecified atom stereocenters. The Labute approximate surface area is 127 Å². The Balaban J connectivity index is 2.69. The summed E-state index contributed by atoms with van der Waals surface area (Å²) in [6.07, 6.45) is 0. The second-order valence-corrected chi connectivity index (χ2v) is 6.54. The fourth-order valence-corrected chi connectivity index (χ4v) is 2.65. The maximum absolute atomic E-state index is 6.11. The number of hydrogen-bond donors (Lipinski definition) is 0. The SMILES string of the molecule is Cc1ccc(Cl)cc1-c1nnc(CBr)n1C(C)(C)C. The van der Waals surface area contributed by atoms with Gasteiger partial charge < -0.3 is 4.57 Å². The molecule has 5 heteroatoms. The summed E-state index contributed by atoms with van der Waals surface area (Å²) < 4.78 is 2.15. The third-order valence-corrected chi connectivity index (χ3v) is 3.70. The van der Waals surface area contributed by atoms with Crippen molar-refractivity contribution >= 4 is 27.5 Å². The minimum Gasteiger partial charge on any atom is -0.305 e. The molecule has 0 radical (unpaired) electrons. The molecule has 102 valence electrons. The van der Waals surface area contributed by atoms with Crippen LogP contribution in [0.2, 0.25) is 5.02 Å². The van der Waals surface area contributed by atoms with Crippen LogP contribution in [0.4, 0.5) is 0 Å². The first-order chi connectivity index (χ1) is 8.84. The number of benzene rings is 1. The molecular weight excluding hydrogens is 326 g/mol. The predicted molar refractivity (Wildman–Crippen MR) is 82.8 cm³/mol. The van der Waals surface area contributed by atoms with Gasteiger partial charge in [-0.25, -0.2) is 0 Å². The van der Waals surface area contributed by atoms with Crippen LogP contribution in [0.1, 0.15) is 32.2 Å². The van der Waals surface area contributed by atoms with Gasteiger partial charge >= 0.3 is 0 Å². The number of hydrogen-bond acceptors (Lipinski definition) is 2. The van der Waals surface area contributed by atoms with Gasteiger partial charge in [-0.2, -0.15) is 0 Å². The Bertz CT molecular complexity index is 599. The molecule has 0 spiro atoms. The lowest BCUT2D eigenvalue weighted by Crippen LogP contribution is -2.25. The van der Waals surface area contributed by atoms with Gasteiger partial charge in [0.25, 0.3) is 0 Å². The second-order valence-electron chi connectivity index (χ2n) is 5.54. The van der Waals surface area contributed by atoms with E-state index in [4.69, 9.17) is 11.6 Å². The van der Waals surface area contributed by atoms with Crippen LogP contribution < -0.4 is 0 Å². The van der Waals surface area contributed by atoms with Crippen molar-refractivity contribution in [2.75, 3.05) is 0 Å². The molecule has 2 rings (SSSR count). The average molecular weight is 343 g/mol. The van der Waals surface area contributed by atoms with Crippen molar-refractivity contribution in [3.8, 4) is 11.4 Å². The largest absolute Gasteiger partial charge is 0.305 e. The molecule has 0 atom stereocenters. The van der Waals surface area contributed by atoms with Crippen LogP contribution in [0.15, 0.2) is 18.2 Å². The molecule has 0 N–H and O–H groups in total. The van der Waals surface area contributed by atoms with E-state index >= 15 is 0 Å². The first-order valence-electron chi connectivity index (χ1n) is 6.12. The normalized spacial score (nSPS) is 11.9.